The highest BCUT2D eigenvalue weighted by atomic mass is 79.9. The standard InChI is InChI=1S/C24H14BrN3O4/c25-21-8-9-23(32-15-18-5-2-1-4-17(18)13-26)19(11-21)10-20(14-27)24(29)16-6-3-7-22(12-16)28(30)31/h1-12H,15H2/b20-10+. The Morgan fingerprint density at radius 1 is 1.09 bits per heavy atom. The quantitative estimate of drug-likeness (QED) is 0.141. The molecule has 0 bridgehead atoms. The van der Waals surface area contributed by atoms with E-state index in [9.17, 15) is 25.4 Å². The number of halogens is 1. The van der Waals surface area contributed by atoms with E-state index in [-0.39, 0.29) is 23.4 Å². The van der Waals surface area contributed by atoms with Gasteiger partial charge in [0, 0.05) is 33.3 Å². The maximum absolute atomic E-state index is 12.8. The monoisotopic (exact) mass is 487 g/mol. The highest BCUT2D eigenvalue weighted by molar-refractivity contribution is 9.10. The van der Waals surface area contributed by atoms with Crippen LogP contribution in [0.2, 0.25) is 0 Å². The van der Waals surface area contributed by atoms with E-state index in [2.05, 4.69) is 22.0 Å². The van der Waals surface area contributed by atoms with Gasteiger partial charge in [-0.2, -0.15) is 10.5 Å². The van der Waals surface area contributed by atoms with E-state index in [0.717, 1.165) is 6.07 Å². The molecule has 32 heavy (non-hydrogen) atoms. The summed E-state index contributed by atoms with van der Waals surface area (Å²) in [5.41, 5.74) is 1.24. The minimum absolute atomic E-state index is 0.0346. The molecule has 0 atom stereocenters. The number of Topliss-reactive ketones (excluding diaryl/α,β-unsaturated/α-hetero) is 1. The van der Waals surface area contributed by atoms with Crippen molar-refractivity contribution in [1.82, 2.24) is 0 Å². The predicted octanol–water partition coefficient (Wildman–Crippen LogP) is 5.60. The zero-order valence-electron chi connectivity index (χ0n) is 16.5. The molecule has 0 N–H and O–H groups in total. The van der Waals surface area contributed by atoms with Gasteiger partial charge in [0.15, 0.2) is 0 Å². The van der Waals surface area contributed by atoms with Gasteiger partial charge in [-0.1, -0.05) is 46.3 Å². The number of allylic oxidation sites excluding steroid dienone is 1. The maximum atomic E-state index is 12.8. The SMILES string of the molecule is N#C/C(=C\c1cc(Br)ccc1OCc1ccccc1C#N)C(=O)c1cccc([N+](=O)[O-])c1. The van der Waals surface area contributed by atoms with E-state index in [0.29, 0.717) is 26.9 Å². The predicted molar refractivity (Wildman–Crippen MR) is 121 cm³/mol. The third-order valence-electron chi connectivity index (χ3n) is 4.48. The van der Waals surface area contributed by atoms with Crippen LogP contribution in [0.4, 0.5) is 5.69 Å². The van der Waals surface area contributed by atoms with Crippen LogP contribution in [0.1, 0.15) is 27.0 Å². The van der Waals surface area contributed by atoms with Crippen molar-refractivity contribution >= 4 is 33.5 Å². The number of carbonyl (C=O) groups excluding carboxylic acids is 1. The summed E-state index contributed by atoms with van der Waals surface area (Å²) >= 11 is 3.36. The Morgan fingerprint density at radius 2 is 1.88 bits per heavy atom. The van der Waals surface area contributed by atoms with Gasteiger partial charge in [0.25, 0.3) is 5.69 Å². The number of ether oxygens (including phenoxy) is 1. The molecule has 3 aromatic rings. The molecule has 3 rings (SSSR count). The maximum Gasteiger partial charge on any atom is 0.270 e. The summed E-state index contributed by atoms with van der Waals surface area (Å²) in [5, 5.41) is 29.8. The fourth-order valence-electron chi connectivity index (χ4n) is 2.89. The van der Waals surface area contributed by atoms with Gasteiger partial charge in [0.2, 0.25) is 5.78 Å². The fourth-order valence-corrected chi connectivity index (χ4v) is 3.27. The average Bonchev–Trinajstić information content (AvgIpc) is 2.81. The first-order chi connectivity index (χ1) is 15.4. The number of nitriles is 2. The van der Waals surface area contributed by atoms with Crippen LogP contribution < -0.4 is 4.74 Å². The summed E-state index contributed by atoms with van der Waals surface area (Å²) in [5.74, 6) is -0.238. The molecule has 8 heteroatoms. The topological polar surface area (TPSA) is 117 Å². The van der Waals surface area contributed by atoms with Crippen LogP contribution in [-0.4, -0.2) is 10.7 Å². The second-order valence-electron chi connectivity index (χ2n) is 6.55. The van der Waals surface area contributed by atoms with Crippen molar-refractivity contribution in [2.75, 3.05) is 0 Å². The number of non-ortho nitro benzene ring substituents is 1. The molecule has 0 amide bonds. The lowest BCUT2D eigenvalue weighted by Crippen LogP contribution is -2.04. The van der Waals surface area contributed by atoms with Crippen molar-refractivity contribution < 1.29 is 14.5 Å². The number of nitro benzene ring substituents is 1. The molecule has 0 aliphatic heterocycles. The molecule has 0 fully saturated rings. The normalized spacial score (nSPS) is 10.7. The Kier molecular flexibility index (Phi) is 7.12. The number of ketones is 1. The van der Waals surface area contributed by atoms with E-state index in [1.807, 2.05) is 6.07 Å². The van der Waals surface area contributed by atoms with E-state index >= 15 is 0 Å². The lowest BCUT2D eigenvalue weighted by atomic mass is 10.0. The third-order valence-corrected chi connectivity index (χ3v) is 4.97. The third kappa shape index (κ3) is 5.25. The van der Waals surface area contributed by atoms with Crippen LogP contribution in [0, 0.1) is 32.8 Å². The Bertz CT molecular complexity index is 1320. The van der Waals surface area contributed by atoms with Gasteiger partial charge < -0.3 is 4.74 Å². The van der Waals surface area contributed by atoms with Crippen LogP contribution in [0.15, 0.2) is 76.8 Å². The number of benzene rings is 3. The van der Waals surface area contributed by atoms with E-state index in [1.54, 1.807) is 42.5 Å². The molecule has 0 saturated carbocycles. The Balaban J connectivity index is 1.94. The molecule has 156 valence electrons. The molecule has 0 unspecified atom stereocenters. The van der Waals surface area contributed by atoms with Crippen molar-refractivity contribution in [3.8, 4) is 17.9 Å². The number of nitrogens with zero attached hydrogens (tertiary/aromatic N) is 3. The highest BCUT2D eigenvalue weighted by Crippen LogP contribution is 2.28. The molecular weight excluding hydrogens is 474 g/mol. The van der Waals surface area contributed by atoms with Crippen molar-refractivity contribution in [3.63, 3.8) is 0 Å². The van der Waals surface area contributed by atoms with Crippen LogP contribution in [-0.2, 0) is 6.61 Å². The zero-order valence-corrected chi connectivity index (χ0v) is 18.1. The van der Waals surface area contributed by atoms with Crippen LogP contribution in [0.25, 0.3) is 6.08 Å². The molecule has 0 heterocycles. The molecule has 0 aromatic heterocycles. The first-order valence-electron chi connectivity index (χ1n) is 9.24. The lowest BCUT2D eigenvalue weighted by Gasteiger charge is -2.11. The average molecular weight is 488 g/mol. The van der Waals surface area contributed by atoms with Gasteiger partial charge in [-0.15, -0.1) is 0 Å². The highest BCUT2D eigenvalue weighted by Gasteiger charge is 2.17. The largest absolute Gasteiger partial charge is 0.488 e. The van der Waals surface area contributed by atoms with Gasteiger partial charge in [0.1, 0.15) is 24.0 Å². The molecular formula is C24H14BrN3O4. The van der Waals surface area contributed by atoms with Crippen LogP contribution in [0.3, 0.4) is 0 Å². The van der Waals surface area contributed by atoms with Crippen LogP contribution >= 0.6 is 15.9 Å². The number of carbonyl (C=O) groups is 1. The van der Waals surface area contributed by atoms with Gasteiger partial charge in [-0.05, 0) is 30.3 Å². The first-order valence-corrected chi connectivity index (χ1v) is 10.0. The molecule has 7 nitrogen and oxygen atoms in total. The fraction of sp³-hybridized carbons (Fsp3) is 0.0417. The number of hydrogen-bond donors (Lipinski definition) is 0. The molecule has 0 spiro atoms. The number of rotatable bonds is 7. The van der Waals surface area contributed by atoms with Gasteiger partial charge in [0.05, 0.1) is 16.6 Å². The van der Waals surface area contributed by atoms with E-state index in [1.165, 1.54) is 24.3 Å². The second-order valence-corrected chi connectivity index (χ2v) is 7.46. The Morgan fingerprint density at radius 3 is 2.59 bits per heavy atom. The summed E-state index contributed by atoms with van der Waals surface area (Å²) in [6, 6.07) is 21.3. The first kappa shape index (κ1) is 22.4. The molecule has 0 aliphatic rings. The van der Waals surface area contributed by atoms with Crippen molar-refractivity contribution in [2.45, 2.75) is 6.61 Å². The lowest BCUT2D eigenvalue weighted by molar-refractivity contribution is -0.384. The number of hydrogen-bond acceptors (Lipinski definition) is 6. The van der Waals surface area contributed by atoms with Gasteiger partial charge in [-0.25, -0.2) is 0 Å². The summed E-state index contributed by atoms with van der Waals surface area (Å²) < 4.78 is 6.58. The minimum atomic E-state index is -0.642. The van der Waals surface area contributed by atoms with Crippen LogP contribution in [0.5, 0.6) is 5.75 Å². The van der Waals surface area contributed by atoms with Gasteiger partial charge in [-0.3, -0.25) is 14.9 Å². The number of nitro groups is 1. The van der Waals surface area contributed by atoms with Crippen molar-refractivity contribution in [2.24, 2.45) is 0 Å². The molecule has 0 saturated heterocycles. The Hall–Kier alpha value is -4.27. The van der Waals surface area contributed by atoms with Crippen molar-refractivity contribution in [1.29, 1.82) is 10.5 Å². The summed E-state index contributed by atoms with van der Waals surface area (Å²) in [7, 11) is 0. The minimum Gasteiger partial charge on any atom is -0.488 e. The Labute approximate surface area is 192 Å². The van der Waals surface area contributed by atoms with E-state index < -0.39 is 10.7 Å². The second kappa shape index (κ2) is 10.2. The van der Waals surface area contributed by atoms with E-state index in [4.69, 9.17) is 4.74 Å². The zero-order chi connectivity index (χ0) is 23.1. The summed E-state index contributed by atoms with van der Waals surface area (Å²) in [6.07, 6.45) is 1.37. The summed E-state index contributed by atoms with van der Waals surface area (Å²) in [4.78, 5) is 23.2. The molecule has 3 aromatic carbocycles. The smallest absolute Gasteiger partial charge is 0.270 e. The summed E-state index contributed by atoms with van der Waals surface area (Å²) in [6.45, 7) is 0.118. The van der Waals surface area contributed by atoms with Gasteiger partial charge >= 0.3 is 0 Å². The van der Waals surface area contributed by atoms with Crippen molar-refractivity contribution in [3.05, 3.63) is 109 Å². The molecule has 0 radical (unpaired) electrons. The molecule has 0 aliphatic carbocycles.